The second kappa shape index (κ2) is 5.29. The van der Waals surface area contributed by atoms with Gasteiger partial charge in [-0.2, -0.15) is 8.42 Å². The second-order valence-corrected chi connectivity index (χ2v) is 5.49. The average molecular weight is 263 g/mol. The molecule has 0 aliphatic carbocycles. The zero-order valence-electron chi connectivity index (χ0n) is 9.91. The fourth-order valence-electron chi connectivity index (χ4n) is 1.50. The molecule has 0 atom stereocenters. The van der Waals surface area contributed by atoms with Crippen molar-refractivity contribution in [3.05, 3.63) is 54.2 Å². The number of hydrogen-bond acceptors (Lipinski definition) is 4. The Hall–Kier alpha value is -1.72. The summed E-state index contributed by atoms with van der Waals surface area (Å²) in [5, 5.41) is 0. The number of hydrogen-bond donors (Lipinski definition) is 0. The highest BCUT2D eigenvalue weighted by Gasteiger charge is 2.05. The zero-order valence-corrected chi connectivity index (χ0v) is 10.7. The third-order valence-corrected chi connectivity index (χ3v) is 2.84. The van der Waals surface area contributed by atoms with E-state index in [1.165, 1.54) is 0 Å². The molecule has 1 heterocycles. The first-order valence-electron chi connectivity index (χ1n) is 5.40. The zero-order chi connectivity index (χ0) is 13.0. The van der Waals surface area contributed by atoms with E-state index < -0.39 is 10.1 Å². The van der Waals surface area contributed by atoms with Crippen LogP contribution >= 0.6 is 0 Å². The predicted molar refractivity (Wildman–Crippen MR) is 69.3 cm³/mol. The summed E-state index contributed by atoms with van der Waals surface area (Å²) in [4.78, 5) is 4.36. The molecule has 2 rings (SSSR count). The van der Waals surface area contributed by atoms with Gasteiger partial charge < -0.3 is 0 Å². The van der Waals surface area contributed by atoms with E-state index in [2.05, 4.69) is 4.98 Å². The van der Waals surface area contributed by atoms with Crippen molar-refractivity contribution in [1.29, 1.82) is 0 Å². The van der Waals surface area contributed by atoms with E-state index in [9.17, 15) is 8.42 Å². The maximum atomic E-state index is 10.9. The van der Waals surface area contributed by atoms with Crippen molar-refractivity contribution in [2.45, 2.75) is 6.61 Å². The van der Waals surface area contributed by atoms with Gasteiger partial charge in [0.15, 0.2) is 0 Å². The van der Waals surface area contributed by atoms with E-state index in [-0.39, 0.29) is 6.61 Å². The van der Waals surface area contributed by atoms with E-state index >= 15 is 0 Å². The number of benzene rings is 1. The molecule has 1 aromatic heterocycles. The minimum absolute atomic E-state index is 0.0422. The molecule has 0 spiro atoms. The van der Waals surface area contributed by atoms with Crippen molar-refractivity contribution < 1.29 is 12.6 Å². The molecule has 0 amide bonds. The number of aromatic nitrogens is 1. The number of pyridine rings is 1. The van der Waals surface area contributed by atoms with Gasteiger partial charge in [0.2, 0.25) is 0 Å². The third kappa shape index (κ3) is 3.65. The molecule has 0 aliphatic heterocycles. The summed E-state index contributed by atoms with van der Waals surface area (Å²) in [5.41, 5.74) is 2.37. The van der Waals surface area contributed by atoms with Gasteiger partial charge in [0, 0.05) is 5.56 Å². The average Bonchev–Trinajstić information content (AvgIpc) is 2.37. The minimum atomic E-state index is -3.44. The Bertz CT molecular complexity index is 624. The first-order chi connectivity index (χ1) is 8.54. The lowest BCUT2D eigenvalue weighted by Gasteiger charge is -2.04. The Morgan fingerprint density at radius 1 is 1.06 bits per heavy atom. The van der Waals surface area contributed by atoms with Gasteiger partial charge in [-0.25, -0.2) is 0 Å². The van der Waals surface area contributed by atoms with Gasteiger partial charge in [-0.3, -0.25) is 9.17 Å². The van der Waals surface area contributed by atoms with Crippen molar-refractivity contribution in [3.8, 4) is 11.3 Å². The van der Waals surface area contributed by atoms with Crippen LogP contribution in [0.25, 0.3) is 11.3 Å². The minimum Gasteiger partial charge on any atom is -0.264 e. The quantitative estimate of drug-likeness (QED) is 0.794. The van der Waals surface area contributed by atoms with Crippen LogP contribution in [0.2, 0.25) is 0 Å². The highest BCUT2D eigenvalue weighted by atomic mass is 32.2. The normalized spacial score (nSPS) is 11.4. The molecule has 0 N–H and O–H groups in total. The summed E-state index contributed by atoms with van der Waals surface area (Å²) < 4.78 is 26.5. The van der Waals surface area contributed by atoms with Crippen LogP contribution in [0, 0.1) is 0 Å². The van der Waals surface area contributed by atoms with E-state index in [1.54, 1.807) is 6.07 Å². The molecular formula is C13H13NO3S. The molecule has 0 fully saturated rings. The predicted octanol–water partition coefficient (Wildman–Crippen LogP) is 2.22. The van der Waals surface area contributed by atoms with Crippen molar-refractivity contribution in [3.63, 3.8) is 0 Å². The molecule has 0 bridgehead atoms. The van der Waals surface area contributed by atoms with Gasteiger partial charge in [-0.1, -0.05) is 36.4 Å². The maximum absolute atomic E-state index is 10.9. The largest absolute Gasteiger partial charge is 0.264 e. The molecule has 0 aliphatic rings. The molecule has 94 valence electrons. The van der Waals surface area contributed by atoms with Crippen LogP contribution < -0.4 is 0 Å². The smallest absolute Gasteiger partial charge is 0.264 e. The topological polar surface area (TPSA) is 56.3 Å². The summed E-state index contributed by atoms with van der Waals surface area (Å²) in [7, 11) is -3.44. The monoisotopic (exact) mass is 263 g/mol. The van der Waals surface area contributed by atoms with Crippen LogP contribution in [0.15, 0.2) is 48.5 Å². The molecule has 5 heteroatoms. The Morgan fingerprint density at radius 3 is 2.44 bits per heavy atom. The van der Waals surface area contributed by atoms with E-state index in [0.29, 0.717) is 5.69 Å². The summed E-state index contributed by atoms with van der Waals surface area (Å²) in [5.74, 6) is 0. The summed E-state index contributed by atoms with van der Waals surface area (Å²) in [6, 6.07) is 15.1. The van der Waals surface area contributed by atoms with Crippen molar-refractivity contribution in [2.75, 3.05) is 6.26 Å². The Labute approximate surface area is 106 Å². The lowest BCUT2D eigenvalue weighted by atomic mass is 10.1. The van der Waals surface area contributed by atoms with E-state index in [0.717, 1.165) is 17.5 Å². The number of nitrogens with zero attached hydrogens (tertiary/aromatic N) is 1. The number of rotatable bonds is 4. The Kier molecular flexibility index (Phi) is 3.74. The molecule has 1 aromatic carbocycles. The molecule has 0 unspecified atom stereocenters. The fourth-order valence-corrected chi connectivity index (χ4v) is 1.83. The highest BCUT2D eigenvalue weighted by Crippen LogP contribution is 2.16. The molecule has 0 radical (unpaired) electrons. The SMILES string of the molecule is CS(=O)(=O)OCc1cccc(-c2ccccc2)n1. The second-order valence-electron chi connectivity index (χ2n) is 3.85. The van der Waals surface area contributed by atoms with Crippen molar-refractivity contribution in [1.82, 2.24) is 4.98 Å². The van der Waals surface area contributed by atoms with Crippen molar-refractivity contribution in [2.24, 2.45) is 0 Å². The molecule has 0 saturated carbocycles. The lowest BCUT2D eigenvalue weighted by molar-refractivity contribution is 0.307. The van der Waals surface area contributed by atoms with Gasteiger partial charge in [0.05, 0.1) is 17.6 Å². The molecule has 2 aromatic rings. The molecule has 0 saturated heterocycles. The van der Waals surface area contributed by atoms with Gasteiger partial charge in [-0.05, 0) is 12.1 Å². The van der Waals surface area contributed by atoms with E-state index in [1.807, 2.05) is 42.5 Å². The third-order valence-electron chi connectivity index (χ3n) is 2.30. The first-order valence-corrected chi connectivity index (χ1v) is 7.22. The van der Waals surface area contributed by atoms with Gasteiger partial charge in [-0.15, -0.1) is 0 Å². The van der Waals surface area contributed by atoms with Gasteiger partial charge in [0.25, 0.3) is 10.1 Å². The maximum Gasteiger partial charge on any atom is 0.264 e. The first kappa shape index (κ1) is 12.7. The van der Waals surface area contributed by atoms with Crippen LogP contribution in [0.4, 0.5) is 0 Å². The van der Waals surface area contributed by atoms with Crippen LogP contribution in [0.5, 0.6) is 0 Å². The van der Waals surface area contributed by atoms with Crippen LogP contribution in [-0.4, -0.2) is 19.7 Å². The molecule has 4 nitrogen and oxygen atoms in total. The highest BCUT2D eigenvalue weighted by molar-refractivity contribution is 7.85. The van der Waals surface area contributed by atoms with Gasteiger partial charge in [0.1, 0.15) is 6.61 Å². The van der Waals surface area contributed by atoms with Crippen molar-refractivity contribution >= 4 is 10.1 Å². The van der Waals surface area contributed by atoms with Crippen LogP contribution in [-0.2, 0) is 20.9 Å². The Balaban J connectivity index is 2.21. The fraction of sp³-hybridized carbons (Fsp3) is 0.154. The van der Waals surface area contributed by atoms with Gasteiger partial charge >= 0.3 is 0 Å². The lowest BCUT2D eigenvalue weighted by Crippen LogP contribution is -2.04. The summed E-state index contributed by atoms with van der Waals surface area (Å²) in [6.07, 6.45) is 1.02. The van der Waals surface area contributed by atoms with Crippen LogP contribution in [0.1, 0.15) is 5.69 Å². The molecular weight excluding hydrogens is 250 g/mol. The van der Waals surface area contributed by atoms with E-state index in [4.69, 9.17) is 4.18 Å². The summed E-state index contributed by atoms with van der Waals surface area (Å²) in [6.45, 7) is -0.0422. The summed E-state index contributed by atoms with van der Waals surface area (Å²) >= 11 is 0. The Morgan fingerprint density at radius 2 is 1.78 bits per heavy atom. The molecule has 18 heavy (non-hydrogen) atoms. The van der Waals surface area contributed by atoms with Crippen LogP contribution in [0.3, 0.4) is 0 Å². The standard InChI is InChI=1S/C13H13NO3S/c1-18(15,16)17-10-12-8-5-9-13(14-12)11-6-3-2-4-7-11/h2-9H,10H2,1H3.